The summed E-state index contributed by atoms with van der Waals surface area (Å²) in [6.07, 6.45) is 14.2. The van der Waals surface area contributed by atoms with Crippen LogP contribution >= 0.6 is 0 Å². The lowest BCUT2D eigenvalue weighted by Crippen LogP contribution is -2.42. The Morgan fingerprint density at radius 3 is 1.90 bits per heavy atom. The van der Waals surface area contributed by atoms with Gasteiger partial charge in [0.1, 0.15) is 0 Å². The van der Waals surface area contributed by atoms with E-state index in [1.807, 2.05) is 0 Å². The van der Waals surface area contributed by atoms with Crippen molar-refractivity contribution in [3.8, 4) is 0 Å². The molecule has 0 spiro atoms. The van der Waals surface area contributed by atoms with Crippen LogP contribution in [0, 0.1) is 6.92 Å². The van der Waals surface area contributed by atoms with E-state index in [0.29, 0.717) is 0 Å². The van der Waals surface area contributed by atoms with Gasteiger partial charge in [0, 0.05) is 17.4 Å². The normalized spacial score (nSPS) is 22.4. The lowest BCUT2D eigenvalue weighted by Gasteiger charge is -2.21. The SMILES string of the molecule is Cc1c(C2CCCCC2)n(C)[n+](C)c1C1CCCCC1. The fourth-order valence-electron chi connectivity index (χ4n) is 4.83. The molecule has 0 unspecified atom stereocenters. The Labute approximate surface area is 124 Å². The van der Waals surface area contributed by atoms with Crippen LogP contribution in [-0.4, -0.2) is 4.68 Å². The molecule has 20 heavy (non-hydrogen) atoms. The predicted molar refractivity (Wildman–Crippen MR) is 83.0 cm³/mol. The van der Waals surface area contributed by atoms with Crippen LogP contribution in [-0.2, 0) is 14.1 Å². The average Bonchev–Trinajstić information content (AvgIpc) is 2.71. The summed E-state index contributed by atoms with van der Waals surface area (Å²) in [7, 11) is 4.56. The minimum Gasteiger partial charge on any atom is -0.160 e. The van der Waals surface area contributed by atoms with Gasteiger partial charge in [-0.2, -0.15) is 4.68 Å². The summed E-state index contributed by atoms with van der Waals surface area (Å²) < 4.78 is 4.94. The Kier molecular flexibility index (Phi) is 4.18. The molecule has 0 aromatic carbocycles. The Morgan fingerprint density at radius 2 is 1.35 bits per heavy atom. The van der Waals surface area contributed by atoms with E-state index in [0.717, 1.165) is 11.8 Å². The number of hydrogen-bond donors (Lipinski definition) is 0. The lowest BCUT2D eigenvalue weighted by molar-refractivity contribution is -0.759. The monoisotopic (exact) mass is 275 g/mol. The van der Waals surface area contributed by atoms with Crippen molar-refractivity contribution in [3.63, 3.8) is 0 Å². The van der Waals surface area contributed by atoms with E-state index >= 15 is 0 Å². The van der Waals surface area contributed by atoms with Gasteiger partial charge in [-0.3, -0.25) is 0 Å². The van der Waals surface area contributed by atoms with E-state index in [2.05, 4.69) is 30.4 Å². The lowest BCUT2D eigenvalue weighted by atomic mass is 9.82. The zero-order chi connectivity index (χ0) is 14.1. The second kappa shape index (κ2) is 5.91. The van der Waals surface area contributed by atoms with Crippen LogP contribution < -0.4 is 4.68 Å². The van der Waals surface area contributed by atoms with Gasteiger partial charge in [-0.1, -0.05) is 38.5 Å². The molecule has 0 atom stereocenters. The molecule has 2 heteroatoms. The highest BCUT2D eigenvalue weighted by Gasteiger charge is 2.34. The Balaban J connectivity index is 1.94. The molecule has 1 heterocycles. The van der Waals surface area contributed by atoms with Gasteiger partial charge in [0.15, 0.2) is 7.05 Å². The van der Waals surface area contributed by atoms with Crippen LogP contribution in [0.5, 0.6) is 0 Å². The third-order valence-corrected chi connectivity index (χ3v) is 5.90. The molecule has 2 fully saturated rings. The topological polar surface area (TPSA) is 8.81 Å². The Hall–Kier alpha value is -0.790. The predicted octanol–water partition coefficient (Wildman–Crippen LogP) is 4.25. The molecule has 2 aliphatic rings. The van der Waals surface area contributed by atoms with Crippen molar-refractivity contribution >= 4 is 0 Å². The van der Waals surface area contributed by atoms with Gasteiger partial charge in [-0.25, -0.2) is 0 Å². The molecule has 2 aliphatic carbocycles. The molecule has 1 aromatic rings. The van der Waals surface area contributed by atoms with Gasteiger partial charge in [0.25, 0.3) is 0 Å². The van der Waals surface area contributed by atoms with Crippen molar-refractivity contribution < 1.29 is 4.68 Å². The fourth-order valence-corrected chi connectivity index (χ4v) is 4.83. The molecule has 3 rings (SSSR count). The number of hydrogen-bond acceptors (Lipinski definition) is 0. The molecular formula is C18H31N2+. The third-order valence-electron chi connectivity index (χ3n) is 5.90. The van der Waals surface area contributed by atoms with E-state index in [4.69, 9.17) is 0 Å². The summed E-state index contributed by atoms with van der Waals surface area (Å²) in [6, 6.07) is 0. The highest BCUT2D eigenvalue weighted by atomic mass is 15.4. The summed E-state index contributed by atoms with van der Waals surface area (Å²) in [4.78, 5) is 0. The second-order valence-electron chi connectivity index (χ2n) is 7.11. The molecule has 0 N–H and O–H groups in total. The van der Waals surface area contributed by atoms with Crippen LogP contribution in [0.15, 0.2) is 0 Å². The van der Waals surface area contributed by atoms with E-state index in [1.54, 1.807) is 17.0 Å². The van der Waals surface area contributed by atoms with Gasteiger partial charge in [-0.05, 0) is 32.6 Å². The minimum atomic E-state index is 0.817. The van der Waals surface area contributed by atoms with Crippen LogP contribution in [0.1, 0.15) is 93.0 Å². The molecule has 2 nitrogen and oxygen atoms in total. The molecule has 112 valence electrons. The molecule has 0 aliphatic heterocycles. The molecule has 0 amide bonds. The smallest absolute Gasteiger partial charge is 0.160 e. The summed E-state index contributed by atoms with van der Waals surface area (Å²) >= 11 is 0. The maximum Gasteiger partial charge on any atom is 0.213 e. The molecule has 1 aromatic heterocycles. The summed E-state index contributed by atoms with van der Waals surface area (Å²) in [5.41, 5.74) is 4.91. The first kappa shape index (κ1) is 14.2. The van der Waals surface area contributed by atoms with Crippen molar-refractivity contribution in [1.29, 1.82) is 0 Å². The number of nitrogens with zero attached hydrogens (tertiary/aromatic N) is 2. The van der Waals surface area contributed by atoms with Crippen LogP contribution in [0.3, 0.4) is 0 Å². The van der Waals surface area contributed by atoms with Crippen LogP contribution in [0.2, 0.25) is 0 Å². The molecule has 2 saturated carbocycles. The van der Waals surface area contributed by atoms with Crippen LogP contribution in [0.4, 0.5) is 0 Å². The maximum absolute atomic E-state index is 2.47. The van der Waals surface area contributed by atoms with E-state index in [9.17, 15) is 0 Å². The van der Waals surface area contributed by atoms with Gasteiger partial charge in [-0.15, -0.1) is 4.68 Å². The maximum atomic E-state index is 2.47. The molecular weight excluding hydrogens is 244 g/mol. The summed E-state index contributed by atoms with van der Waals surface area (Å²) in [6.45, 7) is 2.40. The van der Waals surface area contributed by atoms with Crippen LogP contribution in [0.25, 0.3) is 0 Å². The molecule has 0 saturated heterocycles. The second-order valence-corrected chi connectivity index (χ2v) is 7.11. The van der Waals surface area contributed by atoms with Crippen molar-refractivity contribution in [2.75, 3.05) is 0 Å². The van der Waals surface area contributed by atoms with Gasteiger partial charge >= 0.3 is 0 Å². The van der Waals surface area contributed by atoms with E-state index in [-0.39, 0.29) is 0 Å². The first-order chi connectivity index (χ1) is 9.70. The first-order valence-electron chi connectivity index (χ1n) is 8.75. The standard InChI is InChI=1S/C18H31N2/c1-14-17(15-10-6-4-7-11-15)19(2)20(3)18(14)16-12-8-5-9-13-16/h15-16H,4-13H2,1-3H3/q+1. The van der Waals surface area contributed by atoms with Crippen molar-refractivity contribution in [1.82, 2.24) is 4.68 Å². The Morgan fingerprint density at radius 1 is 0.850 bits per heavy atom. The summed E-state index contributed by atoms with van der Waals surface area (Å²) in [5.74, 6) is 1.63. The fraction of sp³-hybridized carbons (Fsp3) is 0.833. The molecule has 0 radical (unpaired) electrons. The zero-order valence-corrected chi connectivity index (χ0v) is 13.6. The van der Waals surface area contributed by atoms with E-state index in [1.165, 1.54) is 64.2 Å². The number of rotatable bonds is 2. The minimum absolute atomic E-state index is 0.817. The first-order valence-corrected chi connectivity index (χ1v) is 8.75. The van der Waals surface area contributed by atoms with E-state index < -0.39 is 0 Å². The zero-order valence-electron chi connectivity index (χ0n) is 13.6. The van der Waals surface area contributed by atoms with Gasteiger partial charge in [0.05, 0.1) is 12.7 Å². The highest BCUT2D eigenvalue weighted by molar-refractivity contribution is 5.27. The van der Waals surface area contributed by atoms with Crippen molar-refractivity contribution in [2.45, 2.75) is 83.0 Å². The third kappa shape index (κ3) is 2.42. The van der Waals surface area contributed by atoms with Gasteiger partial charge in [0.2, 0.25) is 5.69 Å². The quantitative estimate of drug-likeness (QED) is 0.713. The number of aromatic nitrogens is 2. The van der Waals surface area contributed by atoms with Crippen molar-refractivity contribution in [2.24, 2.45) is 14.1 Å². The highest BCUT2D eigenvalue weighted by Crippen LogP contribution is 2.38. The van der Waals surface area contributed by atoms with Crippen molar-refractivity contribution in [3.05, 3.63) is 17.0 Å². The average molecular weight is 275 g/mol. The summed E-state index contributed by atoms with van der Waals surface area (Å²) in [5, 5.41) is 0. The van der Waals surface area contributed by atoms with Gasteiger partial charge < -0.3 is 0 Å². The Bertz CT molecular complexity index is 419. The largest absolute Gasteiger partial charge is 0.213 e. The molecule has 0 bridgehead atoms.